The van der Waals surface area contributed by atoms with Gasteiger partial charge >= 0.3 is 0 Å². The van der Waals surface area contributed by atoms with Crippen molar-refractivity contribution in [2.24, 2.45) is 0 Å². The summed E-state index contributed by atoms with van der Waals surface area (Å²) in [6.07, 6.45) is -1.04. The lowest BCUT2D eigenvalue weighted by Gasteiger charge is -2.23. The fourth-order valence-corrected chi connectivity index (χ4v) is 1.87. The maximum absolute atomic E-state index is 12.7. The van der Waals surface area contributed by atoms with Crippen molar-refractivity contribution in [2.75, 3.05) is 36.5 Å². The van der Waals surface area contributed by atoms with Crippen molar-refractivity contribution in [3.8, 4) is 0 Å². The van der Waals surface area contributed by atoms with Gasteiger partial charge in [0.05, 0.1) is 24.7 Å². The maximum Gasteiger partial charge on any atom is 0.255 e. The Kier molecular flexibility index (Phi) is 4.61. The quantitative estimate of drug-likeness (QED) is 0.699. The molecule has 3 N–H and O–H groups in total. The summed E-state index contributed by atoms with van der Waals surface area (Å²) in [6.45, 7) is 1.79. The van der Waals surface area contributed by atoms with E-state index in [2.05, 4.69) is 25.5 Å². The van der Waals surface area contributed by atoms with E-state index in [0.29, 0.717) is 29.3 Å². The molecule has 2 rings (SSSR count). The van der Waals surface area contributed by atoms with Crippen LogP contribution in [0.5, 0.6) is 0 Å². The van der Waals surface area contributed by atoms with Gasteiger partial charge in [-0.15, -0.1) is 0 Å². The highest BCUT2D eigenvalue weighted by Gasteiger charge is 2.18. The molecule has 0 atom stereocenters. The first-order valence-electron chi connectivity index (χ1n) is 6.24. The van der Waals surface area contributed by atoms with Crippen LogP contribution in [-0.4, -0.2) is 57.9 Å². The number of aromatic amines is 1. The topological polar surface area (TPSA) is 90.0 Å². The predicted octanol–water partition coefficient (Wildman–Crippen LogP) is 0.849. The summed E-state index contributed by atoms with van der Waals surface area (Å²) in [7, 11) is 0. The summed E-state index contributed by atoms with van der Waals surface area (Å²) in [6, 6.07) is 0. The molecule has 110 valence electrons. The van der Waals surface area contributed by atoms with Crippen molar-refractivity contribution in [1.82, 2.24) is 20.2 Å². The number of hydrogen-bond acceptors (Lipinski definition) is 6. The Morgan fingerprint density at radius 1 is 1.45 bits per heavy atom. The molecular formula is C11H16F2N6O. The van der Waals surface area contributed by atoms with Crippen LogP contribution in [0.1, 0.15) is 6.92 Å². The molecule has 9 heteroatoms. The van der Waals surface area contributed by atoms with E-state index in [1.54, 1.807) is 0 Å². The smallest absolute Gasteiger partial charge is 0.255 e. The zero-order chi connectivity index (χ0) is 14.5. The molecule has 2 aromatic rings. The average Bonchev–Trinajstić information content (AvgIpc) is 2.85. The minimum absolute atomic E-state index is 0.0627. The molecule has 7 nitrogen and oxygen atoms in total. The highest BCUT2D eigenvalue weighted by atomic mass is 19.3. The minimum atomic E-state index is -2.53. The zero-order valence-corrected chi connectivity index (χ0v) is 11.0. The highest BCUT2D eigenvalue weighted by Crippen LogP contribution is 2.24. The maximum atomic E-state index is 12.7. The van der Waals surface area contributed by atoms with Crippen molar-refractivity contribution in [3.63, 3.8) is 0 Å². The van der Waals surface area contributed by atoms with Crippen molar-refractivity contribution in [2.45, 2.75) is 13.3 Å². The first-order valence-corrected chi connectivity index (χ1v) is 6.24. The lowest BCUT2D eigenvalue weighted by Crippen LogP contribution is -2.32. The number of nitrogens with zero attached hydrogens (tertiary/aromatic N) is 4. The van der Waals surface area contributed by atoms with Gasteiger partial charge < -0.3 is 15.3 Å². The van der Waals surface area contributed by atoms with Gasteiger partial charge in [-0.3, -0.25) is 5.10 Å². The van der Waals surface area contributed by atoms with E-state index >= 15 is 0 Å². The van der Waals surface area contributed by atoms with Gasteiger partial charge in [-0.2, -0.15) is 15.1 Å². The van der Waals surface area contributed by atoms with E-state index in [0.717, 1.165) is 0 Å². The molecule has 0 aliphatic heterocycles. The van der Waals surface area contributed by atoms with E-state index in [-0.39, 0.29) is 13.2 Å². The Labute approximate surface area is 114 Å². The number of aliphatic hydroxyl groups is 1. The van der Waals surface area contributed by atoms with Gasteiger partial charge in [0.1, 0.15) is 5.82 Å². The summed E-state index contributed by atoms with van der Waals surface area (Å²) in [5.41, 5.74) is 0.461. The van der Waals surface area contributed by atoms with E-state index in [4.69, 9.17) is 5.11 Å². The third-order valence-corrected chi connectivity index (χ3v) is 2.65. The molecule has 0 amide bonds. The molecule has 20 heavy (non-hydrogen) atoms. The molecule has 2 aromatic heterocycles. The molecule has 0 fully saturated rings. The highest BCUT2D eigenvalue weighted by molar-refractivity contribution is 5.87. The molecule has 0 aliphatic rings. The number of aliphatic hydroxyl groups excluding tert-OH is 1. The summed E-state index contributed by atoms with van der Waals surface area (Å²) in [4.78, 5) is 9.75. The van der Waals surface area contributed by atoms with Gasteiger partial charge in [-0.05, 0) is 6.92 Å². The second kappa shape index (κ2) is 6.42. The van der Waals surface area contributed by atoms with Crippen LogP contribution < -0.4 is 10.2 Å². The van der Waals surface area contributed by atoms with Crippen LogP contribution in [0, 0.1) is 0 Å². The van der Waals surface area contributed by atoms with Crippen molar-refractivity contribution in [3.05, 3.63) is 6.20 Å². The number of nitrogens with one attached hydrogen (secondary N) is 2. The Morgan fingerprint density at radius 3 is 2.90 bits per heavy atom. The van der Waals surface area contributed by atoms with Crippen molar-refractivity contribution in [1.29, 1.82) is 0 Å². The first-order chi connectivity index (χ1) is 9.65. The fourth-order valence-electron chi connectivity index (χ4n) is 1.87. The van der Waals surface area contributed by atoms with Crippen LogP contribution in [0.25, 0.3) is 11.0 Å². The van der Waals surface area contributed by atoms with Gasteiger partial charge in [0.25, 0.3) is 6.43 Å². The number of fused-ring (bicyclic) bond motifs is 1. The number of H-pyrrole nitrogens is 1. The monoisotopic (exact) mass is 286 g/mol. The molecule has 0 aliphatic carbocycles. The van der Waals surface area contributed by atoms with E-state index in [9.17, 15) is 8.78 Å². The number of rotatable bonds is 7. The Bertz CT molecular complexity index is 561. The van der Waals surface area contributed by atoms with Gasteiger partial charge in [-0.25, -0.2) is 8.78 Å². The number of aromatic nitrogens is 4. The number of hydrogen-bond donors (Lipinski definition) is 3. The van der Waals surface area contributed by atoms with Crippen LogP contribution >= 0.6 is 0 Å². The van der Waals surface area contributed by atoms with Crippen LogP contribution in [0.15, 0.2) is 6.20 Å². The molecule has 0 radical (unpaired) electrons. The van der Waals surface area contributed by atoms with E-state index < -0.39 is 13.0 Å². The number of alkyl halides is 2. The Morgan fingerprint density at radius 2 is 2.25 bits per heavy atom. The molecule has 0 unspecified atom stereocenters. The standard InChI is InChI=1S/C11H16F2N6O/c1-2-14-11-16-9-7(5-15-18-9)10(17-11)19(3-4-20)6-8(12)13/h5,8,20H,2-4,6H2,1H3,(H2,14,15,16,17,18). The summed E-state index contributed by atoms with van der Waals surface area (Å²) < 4.78 is 25.3. The SMILES string of the molecule is CCNc1nc(N(CCO)CC(F)F)c2cn[nH]c2n1. The minimum Gasteiger partial charge on any atom is -0.395 e. The summed E-state index contributed by atoms with van der Waals surface area (Å²) in [5, 5.41) is 19.1. The summed E-state index contributed by atoms with van der Waals surface area (Å²) in [5.74, 6) is 0.658. The first kappa shape index (κ1) is 14.4. The Balaban J connectivity index is 2.44. The lowest BCUT2D eigenvalue weighted by atomic mass is 10.3. The van der Waals surface area contributed by atoms with Gasteiger partial charge in [-0.1, -0.05) is 0 Å². The lowest BCUT2D eigenvalue weighted by molar-refractivity contribution is 0.152. The Hall–Kier alpha value is -2.03. The van der Waals surface area contributed by atoms with Crippen LogP contribution in [0.4, 0.5) is 20.5 Å². The van der Waals surface area contributed by atoms with Gasteiger partial charge in [0, 0.05) is 13.1 Å². The molecule has 0 spiro atoms. The second-order valence-electron chi connectivity index (χ2n) is 4.09. The third kappa shape index (κ3) is 3.10. The van der Waals surface area contributed by atoms with Gasteiger partial charge in [0.15, 0.2) is 5.65 Å². The number of halogens is 2. The van der Waals surface area contributed by atoms with Crippen molar-refractivity contribution >= 4 is 22.8 Å². The van der Waals surface area contributed by atoms with Crippen molar-refractivity contribution < 1.29 is 13.9 Å². The van der Waals surface area contributed by atoms with Gasteiger partial charge in [0.2, 0.25) is 5.95 Å². The normalized spacial score (nSPS) is 11.2. The molecule has 0 saturated heterocycles. The molecule has 2 heterocycles. The molecule has 0 aromatic carbocycles. The predicted molar refractivity (Wildman–Crippen MR) is 71.2 cm³/mol. The second-order valence-corrected chi connectivity index (χ2v) is 4.09. The third-order valence-electron chi connectivity index (χ3n) is 2.65. The largest absolute Gasteiger partial charge is 0.395 e. The average molecular weight is 286 g/mol. The molecule has 0 saturated carbocycles. The summed E-state index contributed by atoms with van der Waals surface area (Å²) >= 11 is 0. The van der Waals surface area contributed by atoms with Crippen LogP contribution in [-0.2, 0) is 0 Å². The van der Waals surface area contributed by atoms with E-state index in [1.807, 2.05) is 6.92 Å². The zero-order valence-electron chi connectivity index (χ0n) is 11.0. The van der Waals surface area contributed by atoms with Crippen LogP contribution in [0.3, 0.4) is 0 Å². The molecular weight excluding hydrogens is 270 g/mol. The van der Waals surface area contributed by atoms with Crippen LogP contribution in [0.2, 0.25) is 0 Å². The van der Waals surface area contributed by atoms with E-state index in [1.165, 1.54) is 11.1 Å². The fraction of sp³-hybridized carbons (Fsp3) is 0.545. The molecule has 0 bridgehead atoms. The number of anilines is 2.